The fourth-order valence-corrected chi connectivity index (χ4v) is 6.89. The first-order valence-corrected chi connectivity index (χ1v) is 14.1. The Hall–Kier alpha value is -2.10. The number of benzene rings is 2. The van der Waals surface area contributed by atoms with Crippen LogP contribution in [0.1, 0.15) is 45.1 Å². The van der Waals surface area contributed by atoms with Crippen LogP contribution in [0, 0.1) is 6.92 Å². The quantitative estimate of drug-likeness (QED) is 0.346. The molecule has 2 heterocycles. The molecule has 6 nitrogen and oxygen atoms in total. The Morgan fingerprint density at radius 2 is 2.00 bits per heavy atom. The van der Waals surface area contributed by atoms with Gasteiger partial charge < -0.3 is 19.9 Å². The molecule has 0 bridgehead atoms. The standard InChI is InChI=1S/C27H35N3O3S2/c1-19-9-7-10-20-21(13-14-22(25(19)20)28-16-15-27(2,3)33-4)29-26(31)23-11-5-6-17-30(23)35(32)24-12-8-18-34-24/h7-10,12-14,18,23,28H,5-6,11,15-17H2,1-4H3,(H,29,31). The van der Waals surface area contributed by atoms with E-state index < -0.39 is 17.4 Å². The third-order valence-corrected chi connectivity index (χ3v) is 9.46. The molecule has 2 N–H and O–H groups in total. The smallest absolute Gasteiger partial charge is 0.246 e. The highest BCUT2D eigenvalue weighted by atomic mass is 32.2. The molecule has 1 amide bonds. The second-order valence-electron chi connectivity index (χ2n) is 9.62. The van der Waals surface area contributed by atoms with Gasteiger partial charge in [0.05, 0.1) is 17.0 Å². The number of nitrogens with zero attached hydrogens (tertiary/aromatic N) is 1. The van der Waals surface area contributed by atoms with E-state index in [2.05, 4.69) is 37.5 Å². The average Bonchev–Trinajstić information content (AvgIpc) is 3.40. The molecule has 0 radical (unpaired) electrons. The summed E-state index contributed by atoms with van der Waals surface area (Å²) in [5.74, 6) is -0.0973. The van der Waals surface area contributed by atoms with Crippen LogP contribution >= 0.6 is 11.3 Å². The Kier molecular flexibility index (Phi) is 8.39. The van der Waals surface area contributed by atoms with Crippen LogP contribution in [-0.4, -0.2) is 46.6 Å². The first kappa shape index (κ1) is 26.0. The van der Waals surface area contributed by atoms with Crippen molar-refractivity contribution in [2.24, 2.45) is 0 Å². The zero-order valence-electron chi connectivity index (χ0n) is 20.9. The minimum atomic E-state index is -1.32. The summed E-state index contributed by atoms with van der Waals surface area (Å²) in [6.07, 6.45) is 3.48. The number of hydrogen-bond donors (Lipinski definition) is 2. The van der Waals surface area contributed by atoms with Gasteiger partial charge in [0.25, 0.3) is 0 Å². The largest absolute Gasteiger partial charge is 0.592 e. The van der Waals surface area contributed by atoms with Gasteiger partial charge in [-0.1, -0.05) is 29.5 Å². The van der Waals surface area contributed by atoms with Crippen LogP contribution in [0.3, 0.4) is 0 Å². The lowest BCUT2D eigenvalue weighted by Crippen LogP contribution is -2.49. The fraction of sp³-hybridized carbons (Fsp3) is 0.444. The van der Waals surface area contributed by atoms with Gasteiger partial charge in [-0.3, -0.25) is 4.79 Å². The Labute approximate surface area is 215 Å². The highest BCUT2D eigenvalue weighted by Gasteiger charge is 2.38. The van der Waals surface area contributed by atoms with Crippen molar-refractivity contribution in [3.63, 3.8) is 0 Å². The van der Waals surface area contributed by atoms with Gasteiger partial charge in [0, 0.05) is 48.4 Å². The Bertz CT molecular complexity index is 1150. The summed E-state index contributed by atoms with van der Waals surface area (Å²) < 4.78 is 21.4. The molecule has 3 aromatic rings. The predicted molar refractivity (Wildman–Crippen MR) is 147 cm³/mol. The monoisotopic (exact) mass is 513 g/mol. The van der Waals surface area contributed by atoms with Crippen molar-refractivity contribution < 1.29 is 14.1 Å². The number of nitrogens with one attached hydrogen (secondary N) is 2. The van der Waals surface area contributed by atoms with Gasteiger partial charge in [0.15, 0.2) is 0 Å². The number of carbonyl (C=O) groups is 1. The average molecular weight is 514 g/mol. The van der Waals surface area contributed by atoms with Gasteiger partial charge in [-0.2, -0.15) is 0 Å². The number of methoxy groups -OCH3 is 1. The second-order valence-corrected chi connectivity index (χ2v) is 12.2. The third kappa shape index (κ3) is 6.01. The van der Waals surface area contributed by atoms with E-state index in [1.54, 1.807) is 7.11 Å². The molecule has 35 heavy (non-hydrogen) atoms. The lowest BCUT2D eigenvalue weighted by atomic mass is 10.00. The minimum Gasteiger partial charge on any atom is -0.592 e. The molecule has 2 atom stereocenters. The number of carbonyl (C=O) groups excluding carboxylic acids is 1. The molecule has 0 spiro atoms. The number of hydrogen-bond acceptors (Lipinski definition) is 6. The first-order chi connectivity index (χ1) is 16.8. The molecule has 1 aromatic heterocycles. The maximum Gasteiger partial charge on any atom is 0.246 e. The van der Waals surface area contributed by atoms with Crippen LogP contribution in [0.2, 0.25) is 0 Å². The molecule has 1 fully saturated rings. The number of amides is 1. The molecule has 0 aliphatic carbocycles. The molecule has 1 saturated heterocycles. The van der Waals surface area contributed by atoms with Gasteiger partial charge in [-0.05, 0) is 75.6 Å². The molecule has 1 aliphatic rings. The molecule has 2 aromatic carbocycles. The lowest BCUT2D eigenvalue weighted by molar-refractivity contribution is -0.120. The van der Waals surface area contributed by atoms with Crippen molar-refractivity contribution in [2.75, 3.05) is 30.8 Å². The van der Waals surface area contributed by atoms with Gasteiger partial charge in [-0.15, -0.1) is 4.31 Å². The van der Waals surface area contributed by atoms with Crippen LogP contribution in [0.25, 0.3) is 10.8 Å². The summed E-state index contributed by atoms with van der Waals surface area (Å²) in [6.45, 7) is 7.68. The number of ether oxygens (including phenoxy) is 1. The zero-order valence-corrected chi connectivity index (χ0v) is 22.6. The molecule has 4 rings (SSSR count). The van der Waals surface area contributed by atoms with Gasteiger partial charge in [-0.25, -0.2) is 0 Å². The van der Waals surface area contributed by atoms with E-state index in [4.69, 9.17) is 4.74 Å². The van der Waals surface area contributed by atoms with Crippen LogP contribution in [0.4, 0.5) is 11.4 Å². The molecule has 8 heteroatoms. The van der Waals surface area contributed by atoms with Crippen LogP contribution in [0.5, 0.6) is 0 Å². The minimum absolute atomic E-state index is 0.0973. The summed E-state index contributed by atoms with van der Waals surface area (Å²) in [4.78, 5) is 13.5. The molecular formula is C27H35N3O3S2. The van der Waals surface area contributed by atoms with E-state index in [9.17, 15) is 9.35 Å². The molecular weight excluding hydrogens is 478 g/mol. The maximum absolute atomic E-state index is 13.5. The zero-order chi connectivity index (χ0) is 25.0. The Morgan fingerprint density at radius 3 is 2.74 bits per heavy atom. The van der Waals surface area contributed by atoms with E-state index in [1.165, 1.54) is 11.3 Å². The van der Waals surface area contributed by atoms with Crippen molar-refractivity contribution in [3.8, 4) is 0 Å². The van der Waals surface area contributed by atoms with Crippen molar-refractivity contribution in [3.05, 3.63) is 53.4 Å². The van der Waals surface area contributed by atoms with Gasteiger partial charge in [0.1, 0.15) is 6.04 Å². The SMILES string of the molecule is COC(C)(C)CCNc1ccc(NC(=O)C2CCCCN2[S+]([O-])c2cccs2)c2cccc(C)c12. The highest BCUT2D eigenvalue weighted by molar-refractivity contribution is 7.91. The highest BCUT2D eigenvalue weighted by Crippen LogP contribution is 2.34. The summed E-state index contributed by atoms with van der Waals surface area (Å²) in [5, 5.41) is 10.7. The number of rotatable bonds is 9. The van der Waals surface area contributed by atoms with E-state index in [0.29, 0.717) is 13.0 Å². The van der Waals surface area contributed by atoms with Crippen molar-refractivity contribution in [1.82, 2.24) is 4.31 Å². The predicted octanol–water partition coefficient (Wildman–Crippen LogP) is 5.95. The Morgan fingerprint density at radius 1 is 1.20 bits per heavy atom. The summed E-state index contributed by atoms with van der Waals surface area (Å²) in [7, 11) is 1.74. The lowest BCUT2D eigenvalue weighted by Gasteiger charge is -2.33. The fourth-order valence-electron chi connectivity index (χ4n) is 4.51. The van der Waals surface area contributed by atoms with Crippen LogP contribution < -0.4 is 10.6 Å². The summed E-state index contributed by atoms with van der Waals surface area (Å²) in [6, 6.07) is 13.5. The number of fused-ring (bicyclic) bond motifs is 1. The summed E-state index contributed by atoms with van der Waals surface area (Å²) in [5.41, 5.74) is 2.77. The van der Waals surface area contributed by atoms with Gasteiger partial charge in [0.2, 0.25) is 10.1 Å². The molecule has 0 saturated carbocycles. The topological polar surface area (TPSA) is 76.7 Å². The normalized spacial score (nSPS) is 17.9. The van der Waals surface area contributed by atoms with Gasteiger partial charge >= 0.3 is 0 Å². The molecule has 2 unspecified atom stereocenters. The van der Waals surface area contributed by atoms with E-state index in [0.717, 1.165) is 57.7 Å². The number of piperidine rings is 1. The van der Waals surface area contributed by atoms with E-state index >= 15 is 0 Å². The number of thiophene rings is 1. The third-order valence-electron chi connectivity index (χ3n) is 6.74. The van der Waals surface area contributed by atoms with Crippen LogP contribution in [-0.2, 0) is 20.9 Å². The van der Waals surface area contributed by atoms with E-state index in [-0.39, 0.29) is 11.5 Å². The first-order valence-electron chi connectivity index (χ1n) is 12.1. The Balaban J connectivity index is 1.56. The number of anilines is 2. The molecule has 1 aliphatic heterocycles. The summed E-state index contributed by atoms with van der Waals surface area (Å²) >= 11 is 0.145. The van der Waals surface area contributed by atoms with E-state index in [1.807, 2.05) is 46.1 Å². The van der Waals surface area contributed by atoms with Crippen LogP contribution in [0.15, 0.2) is 52.1 Å². The molecule has 188 valence electrons. The number of aryl methyl sites for hydroxylation is 1. The van der Waals surface area contributed by atoms with Crippen molar-refractivity contribution in [2.45, 2.75) is 62.3 Å². The van der Waals surface area contributed by atoms with Crippen molar-refractivity contribution in [1.29, 1.82) is 0 Å². The second kappa shape index (κ2) is 11.3. The van der Waals surface area contributed by atoms with Crippen molar-refractivity contribution >= 4 is 50.8 Å². The maximum atomic E-state index is 13.5.